The molecule has 4 nitrogen and oxygen atoms in total. The summed E-state index contributed by atoms with van der Waals surface area (Å²) in [4.78, 5) is 24.7. The van der Waals surface area contributed by atoms with Crippen molar-refractivity contribution in [2.45, 2.75) is 32.1 Å². The lowest BCUT2D eigenvalue weighted by Gasteiger charge is -2.21. The van der Waals surface area contributed by atoms with E-state index in [2.05, 4.69) is 10.6 Å². The first kappa shape index (κ1) is 21.6. The predicted molar refractivity (Wildman–Crippen MR) is 115 cm³/mol. The number of anilines is 1. The maximum Gasteiger partial charge on any atom is 0.253 e. The number of hydrogen-bond donors (Lipinski definition) is 2. The summed E-state index contributed by atoms with van der Waals surface area (Å²) in [5, 5.41) is 6.73. The van der Waals surface area contributed by atoms with Gasteiger partial charge in [0.25, 0.3) is 5.91 Å². The summed E-state index contributed by atoms with van der Waals surface area (Å²) in [5.41, 5.74) is 1.57. The van der Waals surface area contributed by atoms with Gasteiger partial charge in [0, 0.05) is 11.3 Å². The Morgan fingerprint density at radius 3 is 2.41 bits per heavy atom. The lowest BCUT2D eigenvalue weighted by atomic mass is 10.1. The third-order valence-electron chi connectivity index (χ3n) is 3.42. The third-order valence-corrected chi connectivity index (χ3v) is 5.16. The Balaban J connectivity index is 1.93. The Labute approximate surface area is 174 Å². The molecular formula is C20H22Cl2N2O2S. The number of carbonyl (C=O) groups excluding carboxylic acids is 2. The van der Waals surface area contributed by atoms with Crippen LogP contribution < -0.4 is 10.6 Å². The molecular weight excluding hydrogens is 403 g/mol. The van der Waals surface area contributed by atoms with Gasteiger partial charge in [0.1, 0.15) is 0 Å². The second-order valence-corrected chi connectivity index (χ2v) is 8.84. The van der Waals surface area contributed by atoms with E-state index in [4.69, 9.17) is 23.2 Å². The topological polar surface area (TPSA) is 58.2 Å². The smallest absolute Gasteiger partial charge is 0.253 e. The van der Waals surface area contributed by atoms with E-state index in [1.54, 1.807) is 36.4 Å². The highest BCUT2D eigenvalue weighted by molar-refractivity contribution is 7.99. The van der Waals surface area contributed by atoms with Gasteiger partial charge in [0.15, 0.2) is 0 Å². The Kier molecular flexibility index (Phi) is 7.59. The van der Waals surface area contributed by atoms with E-state index in [1.165, 1.54) is 11.8 Å². The molecule has 144 valence electrons. The second kappa shape index (κ2) is 9.49. The largest absolute Gasteiger partial charge is 0.347 e. The SMILES string of the molecule is CC(C)(C)NC(=O)c1ccccc1NC(=O)CSCc1ccc(Cl)c(Cl)c1. The van der Waals surface area contributed by atoms with E-state index >= 15 is 0 Å². The van der Waals surface area contributed by atoms with Crippen LogP contribution in [-0.4, -0.2) is 23.1 Å². The van der Waals surface area contributed by atoms with Crippen LogP contribution in [0.15, 0.2) is 42.5 Å². The lowest BCUT2D eigenvalue weighted by molar-refractivity contribution is -0.113. The van der Waals surface area contributed by atoms with Gasteiger partial charge in [-0.05, 0) is 50.6 Å². The Morgan fingerprint density at radius 2 is 1.74 bits per heavy atom. The fourth-order valence-corrected chi connectivity index (χ4v) is 3.37. The van der Waals surface area contributed by atoms with Gasteiger partial charge in [-0.2, -0.15) is 0 Å². The molecule has 27 heavy (non-hydrogen) atoms. The zero-order valence-electron chi connectivity index (χ0n) is 15.4. The molecule has 0 atom stereocenters. The molecule has 0 heterocycles. The molecule has 0 saturated heterocycles. The first-order valence-electron chi connectivity index (χ1n) is 8.39. The summed E-state index contributed by atoms with van der Waals surface area (Å²) in [6, 6.07) is 12.4. The van der Waals surface area contributed by atoms with Gasteiger partial charge in [-0.25, -0.2) is 0 Å². The molecule has 0 aromatic heterocycles. The highest BCUT2D eigenvalue weighted by Gasteiger charge is 2.18. The predicted octanol–water partition coefficient (Wildman–Crippen LogP) is 5.39. The van der Waals surface area contributed by atoms with Gasteiger partial charge < -0.3 is 10.6 Å². The number of rotatable bonds is 6. The minimum absolute atomic E-state index is 0.170. The monoisotopic (exact) mass is 424 g/mol. The van der Waals surface area contributed by atoms with E-state index in [0.29, 0.717) is 27.0 Å². The molecule has 2 N–H and O–H groups in total. The minimum Gasteiger partial charge on any atom is -0.347 e. The molecule has 0 spiro atoms. The van der Waals surface area contributed by atoms with Gasteiger partial charge >= 0.3 is 0 Å². The summed E-state index contributed by atoms with van der Waals surface area (Å²) in [7, 11) is 0. The standard InChI is InChI=1S/C20H22Cl2N2O2S/c1-20(2,3)24-19(26)14-6-4-5-7-17(14)23-18(25)12-27-11-13-8-9-15(21)16(22)10-13/h4-10H,11-12H2,1-3H3,(H,23,25)(H,24,26). The fraction of sp³-hybridized carbons (Fsp3) is 0.300. The molecule has 0 aliphatic carbocycles. The van der Waals surface area contributed by atoms with Crippen LogP contribution >= 0.6 is 35.0 Å². The number of hydrogen-bond acceptors (Lipinski definition) is 3. The highest BCUT2D eigenvalue weighted by atomic mass is 35.5. The number of carbonyl (C=O) groups is 2. The number of nitrogens with one attached hydrogen (secondary N) is 2. The molecule has 2 aromatic carbocycles. The number of benzene rings is 2. The maximum atomic E-state index is 12.4. The summed E-state index contributed by atoms with van der Waals surface area (Å²) in [6.45, 7) is 5.73. The molecule has 2 aromatic rings. The van der Waals surface area contributed by atoms with Gasteiger partial charge in [-0.3, -0.25) is 9.59 Å². The second-order valence-electron chi connectivity index (χ2n) is 7.04. The van der Waals surface area contributed by atoms with Crippen molar-refractivity contribution in [2.24, 2.45) is 0 Å². The molecule has 0 aliphatic rings. The van der Waals surface area contributed by atoms with Crippen molar-refractivity contribution in [3.63, 3.8) is 0 Å². The molecule has 0 saturated carbocycles. The fourth-order valence-electron chi connectivity index (χ4n) is 2.28. The summed E-state index contributed by atoms with van der Waals surface area (Å²) in [5.74, 6) is 0.504. The molecule has 7 heteroatoms. The van der Waals surface area contributed by atoms with Crippen molar-refractivity contribution in [3.05, 3.63) is 63.6 Å². The average Bonchev–Trinajstić information content (AvgIpc) is 2.57. The summed E-state index contributed by atoms with van der Waals surface area (Å²) < 4.78 is 0. The molecule has 0 unspecified atom stereocenters. The quantitative estimate of drug-likeness (QED) is 0.652. The first-order chi connectivity index (χ1) is 12.7. The summed E-state index contributed by atoms with van der Waals surface area (Å²) >= 11 is 13.4. The van der Waals surface area contributed by atoms with E-state index in [0.717, 1.165) is 5.56 Å². The van der Waals surface area contributed by atoms with Crippen molar-refractivity contribution >= 4 is 52.5 Å². The van der Waals surface area contributed by atoms with E-state index in [1.807, 2.05) is 26.8 Å². The van der Waals surface area contributed by atoms with Crippen molar-refractivity contribution in [2.75, 3.05) is 11.1 Å². The number of amides is 2. The molecule has 2 amide bonds. The molecule has 0 aliphatic heterocycles. The lowest BCUT2D eigenvalue weighted by Crippen LogP contribution is -2.40. The molecule has 0 bridgehead atoms. The van der Waals surface area contributed by atoms with E-state index < -0.39 is 0 Å². The Bertz CT molecular complexity index is 835. The average molecular weight is 425 g/mol. The van der Waals surface area contributed by atoms with Crippen LogP contribution in [0.4, 0.5) is 5.69 Å². The number of halogens is 2. The van der Waals surface area contributed by atoms with Crippen LogP contribution in [-0.2, 0) is 10.5 Å². The zero-order valence-corrected chi connectivity index (χ0v) is 17.8. The van der Waals surface area contributed by atoms with Gasteiger partial charge in [-0.1, -0.05) is 41.4 Å². The highest BCUT2D eigenvalue weighted by Crippen LogP contribution is 2.25. The van der Waals surface area contributed by atoms with Crippen LogP contribution in [0.3, 0.4) is 0 Å². The molecule has 0 radical (unpaired) electrons. The van der Waals surface area contributed by atoms with Crippen LogP contribution in [0.25, 0.3) is 0 Å². The zero-order chi connectivity index (χ0) is 20.0. The Hall–Kier alpha value is -1.69. The van der Waals surface area contributed by atoms with Crippen LogP contribution in [0.1, 0.15) is 36.7 Å². The maximum absolute atomic E-state index is 12.4. The van der Waals surface area contributed by atoms with E-state index in [9.17, 15) is 9.59 Å². The van der Waals surface area contributed by atoms with Crippen molar-refractivity contribution in [1.29, 1.82) is 0 Å². The molecule has 2 rings (SSSR count). The molecule has 0 fully saturated rings. The van der Waals surface area contributed by atoms with Gasteiger partial charge in [0.05, 0.1) is 27.0 Å². The van der Waals surface area contributed by atoms with Crippen molar-refractivity contribution in [1.82, 2.24) is 5.32 Å². The van der Waals surface area contributed by atoms with E-state index in [-0.39, 0.29) is 23.1 Å². The summed E-state index contributed by atoms with van der Waals surface area (Å²) in [6.07, 6.45) is 0. The van der Waals surface area contributed by atoms with Crippen LogP contribution in [0.5, 0.6) is 0 Å². The normalized spacial score (nSPS) is 11.1. The van der Waals surface area contributed by atoms with Crippen molar-refractivity contribution < 1.29 is 9.59 Å². The van der Waals surface area contributed by atoms with Gasteiger partial charge in [-0.15, -0.1) is 11.8 Å². The van der Waals surface area contributed by atoms with Crippen LogP contribution in [0.2, 0.25) is 10.0 Å². The van der Waals surface area contributed by atoms with Crippen LogP contribution in [0, 0.1) is 0 Å². The first-order valence-corrected chi connectivity index (χ1v) is 10.3. The minimum atomic E-state index is -0.357. The Morgan fingerprint density at radius 1 is 1.04 bits per heavy atom. The third kappa shape index (κ3) is 7.09. The number of thioether (sulfide) groups is 1. The number of para-hydroxylation sites is 1. The van der Waals surface area contributed by atoms with Crippen molar-refractivity contribution in [3.8, 4) is 0 Å². The van der Waals surface area contributed by atoms with Gasteiger partial charge in [0.2, 0.25) is 5.91 Å².